The molecule has 0 saturated heterocycles. The van der Waals surface area contributed by atoms with Gasteiger partial charge in [-0.15, -0.1) is 0 Å². The summed E-state index contributed by atoms with van der Waals surface area (Å²) in [7, 11) is 1.62. The van der Waals surface area contributed by atoms with Gasteiger partial charge in [0.2, 0.25) is 0 Å². The predicted molar refractivity (Wildman–Crippen MR) is 81.6 cm³/mol. The van der Waals surface area contributed by atoms with Gasteiger partial charge in [0.25, 0.3) is 0 Å². The molecule has 2 aromatic carbocycles. The van der Waals surface area contributed by atoms with Gasteiger partial charge in [-0.05, 0) is 43.2 Å². The zero-order valence-corrected chi connectivity index (χ0v) is 12.0. The number of benzene rings is 2. The Morgan fingerprint density at radius 3 is 2.47 bits per heavy atom. The molecule has 2 rings (SSSR count). The second-order valence-corrected chi connectivity index (χ2v) is 4.92. The first-order chi connectivity index (χ1) is 9.01. The quantitative estimate of drug-likeness (QED) is 0.822. The Balaban J connectivity index is 2.40. The SMILES string of the molecule is COc1cc(Cl)c(C)cc1Nc1ccc(C)cc1N. The van der Waals surface area contributed by atoms with E-state index in [1.165, 1.54) is 0 Å². The third-order valence-electron chi connectivity index (χ3n) is 2.96. The zero-order chi connectivity index (χ0) is 14.0. The maximum atomic E-state index is 6.09. The van der Waals surface area contributed by atoms with Crippen LogP contribution in [-0.4, -0.2) is 7.11 Å². The van der Waals surface area contributed by atoms with Gasteiger partial charge in [0.1, 0.15) is 5.75 Å². The van der Waals surface area contributed by atoms with Crippen LogP contribution in [0.3, 0.4) is 0 Å². The number of hydrogen-bond donors (Lipinski definition) is 2. The summed E-state index contributed by atoms with van der Waals surface area (Å²) in [5, 5.41) is 3.96. The molecule has 0 aliphatic heterocycles. The summed E-state index contributed by atoms with van der Waals surface area (Å²) in [6.07, 6.45) is 0. The molecule has 0 aromatic heterocycles. The van der Waals surface area contributed by atoms with E-state index in [-0.39, 0.29) is 0 Å². The molecule has 0 radical (unpaired) electrons. The minimum atomic E-state index is 0.680. The number of halogens is 1. The number of aryl methyl sites for hydroxylation is 2. The Labute approximate surface area is 118 Å². The van der Waals surface area contributed by atoms with Crippen LogP contribution >= 0.6 is 11.6 Å². The maximum Gasteiger partial charge on any atom is 0.143 e. The first kappa shape index (κ1) is 13.6. The van der Waals surface area contributed by atoms with Crippen molar-refractivity contribution in [1.82, 2.24) is 0 Å². The molecule has 0 saturated carbocycles. The third-order valence-corrected chi connectivity index (χ3v) is 3.36. The molecule has 0 aliphatic rings. The van der Waals surface area contributed by atoms with Crippen LogP contribution in [0.5, 0.6) is 5.75 Å². The summed E-state index contributed by atoms with van der Waals surface area (Å²) in [6.45, 7) is 3.96. The normalized spacial score (nSPS) is 10.3. The van der Waals surface area contributed by atoms with E-state index in [9.17, 15) is 0 Å². The van der Waals surface area contributed by atoms with Gasteiger partial charge in [-0.3, -0.25) is 0 Å². The van der Waals surface area contributed by atoms with Gasteiger partial charge in [0, 0.05) is 11.1 Å². The van der Waals surface area contributed by atoms with Gasteiger partial charge in [-0.25, -0.2) is 0 Å². The van der Waals surface area contributed by atoms with E-state index in [0.29, 0.717) is 16.5 Å². The minimum Gasteiger partial charge on any atom is -0.495 e. The van der Waals surface area contributed by atoms with E-state index >= 15 is 0 Å². The number of rotatable bonds is 3. The van der Waals surface area contributed by atoms with Gasteiger partial charge >= 0.3 is 0 Å². The zero-order valence-electron chi connectivity index (χ0n) is 11.3. The first-order valence-electron chi connectivity index (χ1n) is 5.98. The monoisotopic (exact) mass is 276 g/mol. The number of anilines is 3. The summed E-state index contributed by atoms with van der Waals surface area (Å²) in [5.41, 5.74) is 10.5. The van der Waals surface area contributed by atoms with E-state index in [1.54, 1.807) is 13.2 Å². The molecular weight excluding hydrogens is 260 g/mol. The van der Waals surface area contributed by atoms with E-state index in [0.717, 1.165) is 22.5 Å². The first-order valence-corrected chi connectivity index (χ1v) is 6.36. The number of nitrogens with two attached hydrogens (primary N) is 1. The van der Waals surface area contributed by atoms with Crippen LogP contribution in [-0.2, 0) is 0 Å². The number of hydrogen-bond acceptors (Lipinski definition) is 3. The van der Waals surface area contributed by atoms with Gasteiger partial charge in [0.05, 0.1) is 24.2 Å². The van der Waals surface area contributed by atoms with Crippen molar-refractivity contribution in [3.05, 3.63) is 46.5 Å². The summed E-state index contributed by atoms with van der Waals surface area (Å²) in [5.74, 6) is 0.690. The lowest BCUT2D eigenvalue weighted by Crippen LogP contribution is -1.99. The van der Waals surface area contributed by atoms with Crippen LogP contribution in [0.1, 0.15) is 11.1 Å². The van der Waals surface area contributed by atoms with Crippen molar-refractivity contribution in [3.63, 3.8) is 0 Å². The highest BCUT2D eigenvalue weighted by Crippen LogP contribution is 2.34. The standard InChI is InChI=1S/C15H17ClN2O/c1-9-4-5-13(12(17)6-9)18-14-7-10(2)11(16)8-15(14)19-3/h4-8,18H,17H2,1-3H3. The summed E-state index contributed by atoms with van der Waals surface area (Å²) in [6, 6.07) is 9.63. The van der Waals surface area contributed by atoms with Crippen LogP contribution in [0, 0.1) is 13.8 Å². The maximum absolute atomic E-state index is 6.09. The van der Waals surface area contributed by atoms with E-state index in [1.807, 2.05) is 38.1 Å². The van der Waals surface area contributed by atoms with Gasteiger partial charge in [0.15, 0.2) is 0 Å². The number of nitrogens with one attached hydrogen (secondary N) is 1. The molecule has 0 bridgehead atoms. The van der Waals surface area contributed by atoms with Crippen LogP contribution in [0.25, 0.3) is 0 Å². The highest BCUT2D eigenvalue weighted by atomic mass is 35.5. The molecule has 0 unspecified atom stereocenters. The van der Waals surface area contributed by atoms with E-state index in [4.69, 9.17) is 22.1 Å². The fourth-order valence-corrected chi connectivity index (χ4v) is 2.02. The Kier molecular flexibility index (Phi) is 3.86. The number of nitrogen functional groups attached to an aromatic ring is 1. The topological polar surface area (TPSA) is 47.3 Å². The fourth-order valence-electron chi connectivity index (χ4n) is 1.87. The molecule has 0 amide bonds. The Hall–Kier alpha value is -1.87. The molecule has 0 aliphatic carbocycles. The summed E-state index contributed by atoms with van der Waals surface area (Å²) in [4.78, 5) is 0. The van der Waals surface area contributed by atoms with Gasteiger partial charge in [-0.1, -0.05) is 17.7 Å². The molecule has 3 N–H and O–H groups in total. The molecule has 19 heavy (non-hydrogen) atoms. The lowest BCUT2D eigenvalue weighted by molar-refractivity contribution is 0.417. The molecule has 0 spiro atoms. The van der Waals surface area contributed by atoms with Gasteiger partial charge < -0.3 is 15.8 Å². The third kappa shape index (κ3) is 2.93. The highest BCUT2D eigenvalue weighted by Gasteiger charge is 2.08. The Bertz CT molecular complexity index is 611. The van der Waals surface area contributed by atoms with Crippen molar-refractivity contribution >= 4 is 28.7 Å². The van der Waals surface area contributed by atoms with Crippen LogP contribution < -0.4 is 15.8 Å². The van der Waals surface area contributed by atoms with Crippen molar-refractivity contribution in [2.24, 2.45) is 0 Å². The molecular formula is C15H17ClN2O. The molecule has 4 heteroatoms. The van der Waals surface area contributed by atoms with Crippen molar-refractivity contribution in [2.75, 3.05) is 18.2 Å². The minimum absolute atomic E-state index is 0.680. The van der Waals surface area contributed by atoms with Crippen molar-refractivity contribution in [1.29, 1.82) is 0 Å². The fraction of sp³-hybridized carbons (Fsp3) is 0.200. The van der Waals surface area contributed by atoms with E-state index in [2.05, 4.69) is 5.32 Å². The largest absolute Gasteiger partial charge is 0.495 e. The molecule has 2 aromatic rings. The second kappa shape index (κ2) is 5.41. The Morgan fingerprint density at radius 1 is 1.11 bits per heavy atom. The average molecular weight is 277 g/mol. The van der Waals surface area contributed by atoms with Gasteiger partial charge in [-0.2, -0.15) is 0 Å². The van der Waals surface area contributed by atoms with Crippen LogP contribution in [0.2, 0.25) is 5.02 Å². The molecule has 3 nitrogen and oxygen atoms in total. The van der Waals surface area contributed by atoms with Crippen LogP contribution in [0.4, 0.5) is 17.1 Å². The Morgan fingerprint density at radius 2 is 1.84 bits per heavy atom. The molecule has 100 valence electrons. The van der Waals surface area contributed by atoms with Crippen molar-refractivity contribution < 1.29 is 4.74 Å². The molecule has 0 fully saturated rings. The lowest BCUT2D eigenvalue weighted by Gasteiger charge is -2.15. The summed E-state index contributed by atoms with van der Waals surface area (Å²) >= 11 is 6.09. The smallest absolute Gasteiger partial charge is 0.143 e. The van der Waals surface area contributed by atoms with Crippen molar-refractivity contribution in [2.45, 2.75) is 13.8 Å². The average Bonchev–Trinajstić information content (AvgIpc) is 2.36. The van der Waals surface area contributed by atoms with Crippen LogP contribution in [0.15, 0.2) is 30.3 Å². The number of methoxy groups -OCH3 is 1. The highest BCUT2D eigenvalue weighted by molar-refractivity contribution is 6.31. The second-order valence-electron chi connectivity index (χ2n) is 4.52. The number of ether oxygens (including phenoxy) is 1. The summed E-state index contributed by atoms with van der Waals surface area (Å²) < 4.78 is 5.33. The molecule has 0 heterocycles. The van der Waals surface area contributed by atoms with E-state index < -0.39 is 0 Å². The lowest BCUT2D eigenvalue weighted by atomic mass is 10.1. The van der Waals surface area contributed by atoms with Crippen molar-refractivity contribution in [3.8, 4) is 5.75 Å². The molecule has 0 atom stereocenters. The predicted octanol–water partition coefficient (Wildman–Crippen LogP) is 4.29.